The van der Waals surface area contributed by atoms with Crippen LogP contribution in [0.4, 0.5) is 5.69 Å². The first-order valence-corrected chi connectivity index (χ1v) is 14.4. The molecule has 1 unspecified atom stereocenters. The third-order valence-corrected chi connectivity index (χ3v) is 8.29. The highest BCUT2D eigenvalue weighted by Gasteiger charge is 2.31. The van der Waals surface area contributed by atoms with Gasteiger partial charge in [0, 0.05) is 54.1 Å². The van der Waals surface area contributed by atoms with Gasteiger partial charge in [-0.2, -0.15) is 0 Å². The lowest BCUT2D eigenvalue weighted by atomic mass is 9.93. The van der Waals surface area contributed by atoms with Crippen molar-refractivity contribution in [2.24, 2.45) is 13.0 Å². The predicted octanol–water partition coefficient (Wildman–Crippen LogP) is 6.09. The van der Waals surface area contributed by atoms with Gasteiger partial charge < -0.3 is 14.8 Å². The molecule has 0 saturated heterocycles. The van der Waals surface area contributed by atoms with Crippen LogP contribution in [0.5, 0.6) is 0 Å². The van der Waals surface area contributed by atoms with Gasteiger partial charge in [0.25, 0.3) is 0 Å². The van der Waals surface area contributed by atoms with E-state index in [1.165, 1.54) is 0 Å². The highest BCUT2D eigenvalue weighted by molar-refractivity contribution is 6.31. The Bertz CT molecular complexity index is 1670. The van der Waals surface area contributed by atoms with Crippen LogP contribution < -0.4 is 5.32 Å². The average molecular weight is 591 g/mol. The number of aromatic nitrogens is 5. The summed E-state index contributed by atoms with van der Waals surface area (Å²) in [5.41, 5.74) is 5.86. The second-order valence-corrected chi connectivity index (χ2v) is 11.4. The molecule has 5 heterocycles. The summed E-state index contributed by atoms with van der Waals surface area (Å²) in [5.74, 6) is -0.260. The van der Waals surface area contributed by atoms with E-state index in [1.54, 1.807) is 29.2 Å². The van der Waals surface area contributed by atoms with E-state index >= 15 is 0 Å². The molecule has 0 fully saturated rings. The van der Waals surface area contributed by atoms with Crippen molar-refractivity contribution >= 4 is 46.3 Å². The summed E-state index contributed by atoms with van der Waals surface area (Å²) in [4.78, 5) is 33.4. The average Bonchev–Trinajstić information content (AvgIpc) is 3.55. The molecule has 2 bridgehead atoms. The van der Waals surface area contributed by atoms with Crippen molar-refractivity contribution in [1.82, 2.24) is 29.4 Å². The maximum Gasteiger partial charge on any atom is 0.247 e. The number of carbonyl (C=O) groups excluding carboxylic acids is 2. The lowest BCUT2D eigenvalue weighted by molar-refractivity contribution is -0.129. The lowest BCUT2D eigenvalue weighted by Gasteiger charge is -2.34. The standard InChI is InChI=1S/C30H29Cl2N7O2/c1-18-4-3-5-26(24-14-20(8-11-33-24)29-23(34-30(18)41)10-12-37(29)2)38-13-9-19(15-28(38)40)22-16-21(31)6-7-25(22)39-17-27(32)35-36-39/h6-8,10-12,14-18,26H,3-5,9,13H2,1-2H3,(H,34,41)/t18-,26?/m1/s1. The van der Waals surface area contributed by atoms with Crippen LogP contribution in [0.15, 0.2) is 61.1 Å². The van der Waals surface area contributed by atoms with Crippen molar-refractivity contribution in [3.05, 3.63) is 82.5 Å². The number of fused-ring (bicyclic) bond motifs is 4. The van der Waals surface area contributed by atoms with Crippen molar-refractivity contribution in [2.75, 3.05) is 11.9 Å². The highest BCUT2D eigenvalue weighted by Crippen LogP contribution is 2.37. The summed E-state index contributed by atoms with van der Waals surface area (Å²) in [6.45, 7) is 2.46. The van der Waals surface area contributed by atoms with Gasteiger partial charge in [0.05, 0.1) is 35.0 Å². The first kappa shape index (κ1) is 27.2. The molecule has 2 amide bonds. The Kier molecular flexibility index (Phi) is 7.40. The normalized spacial score (nSPS) is 19.6. The van der Waals surface area contributed by atoms with Gasteiger partial charge in [0.15, 0.2) is 5.15 Å². The molecule has 3 aromatic heterocycles. The van der Waals surface area contributed by atoms with E-state index in [4.69, 9.17) is 28.2 Å². The molecule has 11 heteroatoms. The van der Waals surface area contributed by atoms with Crippen LogP contribution in [-0.4, -0.2) is 47.8 Å². The van der Waals surface area contributed by atoms with Crippen molar-refractivity contribution < 1.29 is 9.59 Å². The van der Waals surface area contributed by atoms with Crippen molar-refractivity contribution in [2.45, 2.75) is 38.6 Å². The number of benzene rings is 1. The minimum atomic E-state index is -0.230. The molecular formula is C30H29Cl2N7O2. The number of hydrogen-bond acceptors (Lipinski definition) is 5. The van der Waals surface area contributed by atoms with Gasteiger partial charge in [-0.05, 0) is 61.2 Å². The third kappa shape index (κ3) is 5.39. The number of amides is 2. The van der Waals surface area contributed by atoms with Crippen LogP contribution in [0.2, 0.25) is 10.2 Å². The molecule has 0 saturated carbocycles. The van der Waals surface area contributed by atoms with E-state index in [0.717, 1.165) is 45.9 Å². The number of halogens is 2. The van der Waals surface area contributed by atoms with Crippen molar-refractivity contribution in [1.29, 1.82) is 0 Å². The Morgan fingerprint density at radius 1 is 1.07 bits per heavy atom. The second-order valence-electron chi connectivity index (χ2n) is 10.6. The molecule has 1 N–H and O–H groups in total. The fourth-order valence-electron chi connectivity index (χ4n) is 5.74. The summed E-state index contributed by atoms with van der Waals surface area (Å²) in [6.07, 6.45) is 9.82. The van der Waals surface area contributed by atoms with Gasteiger partial charge in [-0.3, -0.25) is 14.6 Å². The molecule has 6 rings (SSSR count). The molecule has 210 valence electrons. The molecule has 2 aliphatic rings. The van der Waals surface area contributed by atoms with Gasteiger partial charge in [-0.15, -0.1) is 5.10 Å². The minimum Gasteiger partial charge on any atom is -0.349 e. The minimum absolute atomic E-state index is 0.00327. The summed E-state index contributed by atoms with van der Waals surface area (Å²) >= 11 is 12.4. The predicted molar refractivity (Wildman–Crippen MR) is 159 cm³/mol. The molecule has 41 heavy (non-hydrogen) atoms. The summed E-state index contributed by atoms with van der Waals surface area (Å²) in [7, 11) is 1.95. The van der Waals surface area contributed by atoms with E-state index < -0.39 is 0 Å². The lowest BCUT2D eigenvalue weighted by Crippen LogP contribution is -2.38. The first-order chi connectivity index (χ1) is 19.8. The van der Waals surface area contributed by atoms with E-state index in [2.05, 4.69) is 15.6 Å². The monoisotopic (exact) mass is 589 g/mol. The molecule has 2 aliphatic heterocycles. The number of carbonyl (C=O) groups is 2. The zero-order valence-corrected chi connectivity index (χ0v) is 24.2. The molecule has 4 aromatic rings. The van der Waals surface area contributed by atoms with E-state index in [-0.39, 0.29) is 28.9 Å². The summed E-state index contributed by atoms with van der Waals surface area (Å²) in [5, 5.41) is 11.9. The third-order valence-electron chi connectivity index (χ3n) is 7.88. The van der Waals surface area contributed by atoms with E-state index in [0.29, 0.717) is 30.8 Å². The van der Waals surface area contributed by atoms with Gasteiger partial charge in [0.1, 0.15) is 0 Å². The maximum atomic E-state index is 13.8. The van der Waals surface area contributed by atoms with Gasteiger partial charge in [-0.1, -0.05) is 41.8 Å². The molecule has 2 atom stereocenters. The molecular weight excluding hydrogens is 561 g/mol. The SMILES string of the molecule is C[C@@H]1CCCC(N2CCC(c3cc(Cl)ccc3-n3cc(Cl)nn3)=CC2=O)c2cc(ccn2)-c2c(ccn2C)NC1=O. The Morgan fingerprint density at radius 2 is 1.93 bits per heavy atom. The van der Waals surface area contributed by atoms with E-state index in [1.807, 2.05) is 60.0 Å². The van der Waals surface area contributed by atoms with Crippen LogP contribution in [0.1, 0.15) is 49.9 Å². The fourth-order valence-corrected chi connectivity index (χ4v) is 6.04. The number of pyridine rings is 1. The maximum absolute atomic E-state index is 13.8. The van der Waals surface area contributed by atoms with Crippen LogP contribution in [0, 0.1) is 5.92 Å². The number of rotatable bonds is 3. The van der Waals surface area contributed by atoms with Crippen molar-refractivity contribution in [3.63, 3.8) is 0 Å². The number of anilines is 1. The van der Waals surface area contributed by atoms with Crippen LogP contribution >= 0.6 is 23.2 Å². The Labute approximate surface area is 247 Å². The Hall–Kier alpha value is -3.95. The van der Waals surface area contributed by atoms with Gasteiger partial charge in [-0.25, -0.2) is 4.68 Å². The summed E-state index contributed by atoms with van der Waals surface area (Å²) in [6, 6.07) is 11.1. The number of hydrogen-bond donors (Lipinski definition) is 1. The number of nitrogens with zero attached hydrogens (tertiary/aromatic N) is 6. The zero-order chi connectivity index (χ0) is 28.7. The van der Waals surface area contributed by atoms with Gasteiger partial charge >= 0.3 is 0 Å². The molecule has 0 radical (unpaired) electrons. The zero-order valence-electron chi connectivity index (χ0n) is 22.7. The molecule has 9 nitrogen and oxygen atoms in total. The quantitative estimate of drug-likeness (QED) is 0.312. The second kappa shape index (κ2) is 11.1. The Balaban J connectivity index is 1.36. The van der Waals surface area contributed by atoms with Gasteiger partial charge in [0.2, 0.25) is 11.8 Å². The highest BCUT2D eigenvalue weighted by atomic mass is 35.5. The molecule has 0 aliphatic carbocycles. The number of nitrogens with one attached hydrogen (secondary N) is 1. The van der Waals surface area contributed by atoms with Crippen LogP contribution in [0.3, 0.4) is 0 Å². The van der Waals surface area contributed by atoms with E-state index in [9.17, 15) is 9.59 Å². The van der Waals surface area contributed by atoms with Crippen molar-refractivity contribution in [3.8, 4) is 16.9 Å². The first-order valence-electron chi connectivity index (χ1n) is 13.6. The topological polar surface area (TPSA) is 97.9 Å². The fraction of sp³-hybridized carbons (Fsp3) is 0.300. The largest absolute Gasteiger partial charge is 0.349 e. The smallest absolute Gasteiger partial charge is 0.247 e. The van der Waals surface area contributed by atoms with Crippen LogP contribution in [0.25, 0.3) is 22.5 Å². The Morgan fingerprint density at radius 3 is 2.71 bits per heavy atom. The molecule has 0 spiro atoms. The van der Waals surface area contributed by atoms with Crippen LogP contribution in [-0.2, 0) is 16.6 Å². The summed E-state index contributed by atoms with van der Waals surface area (Å²) < 4.78 is 3.58. The number of aryl methyl sites for hydroxylation is 1. The molecule has 1 aromatic carbocycles.